The van der Waals surface area contributed by atoms with Gasteiger partial charge in [0.1, 0.15) is 0 Å². The number of carbonyl (C=O) groups excluding carboxylic acids is 1. The molecule has 3 N–H and O–H groups in total. The summed E-state index contributed by atoms with van der Waals surface area (Å²) in [5.74, 6) is 0.0331. The Hall–Kier alpha value is -0.620. The van der Waals surface area contributed by atoms with Crippen LogP contribution in [0.15, 0.2) is 22.7 Å². The van der Waals surface area contributed by atoms with Crippen LogP contribution in [0.5, 0.6) is 0 Å². The maximum atomic E-state index is 12.1. The molecule has 0 saturated carbocycles. The van der Waals surface area contributed by atoms with E-state index in [9.17, 15) is 4.79 Å². The molecular weight excluding hydrogens is 342 g/mol. The molecule has 20 heavy (non-hydrogen) atoms. The second-order valence-electron chi connectivity index (χ2n) is 5.01. The number of carbonyl (C=O) groups is 1. The van der Waals surface area contributed by atoms with Gasteiger partial charge in [-0.3, -0.25) is 9.69 Å². The Bertz CT molecular complexity index is 470. The fourth-order valence-electron chi connectivity index (χ4n) is 2.51. The number of hydrogen-bond donors (Lipinski definition) is 2. The minimum atomic E-state index is 0. The minimum Gasteiger partial charge on any atom is -0.329 e. The summed E-state index contributed by atoms with van der Waals surface area (Å²) in [7, 11) is 0. The van der Waals surface area contributed by atoms with Gasteiger partial charge in [0.2, 0.25) is 5.91 Å². The summed E-state index contributed by atoms with van der Waals surface area (Å²) < 4.78 is 1.02. The zero-order valence-electron chi connectivity index (χ0n) is 11.6. The van der Waals surface area contributed by atoms with Crippen LogP contribution in [0, 0.1) is 6.92 Å². The number of hydrogen-bond acceptors (Lipinski definition) is 3. The van der Waals surface area contributed by atoms with Crippen molar-refractivity contribution >= 4 is 39.9 Å². The largest absolute Gasteiger partial charge is 0.329 e. The minimum absolute atomic E-state index is 0. The molecule has 0 aromatic heterocycles. The van der Waals surface area contributed by atoms with Crippen molar-refractivity contribution in [1.29, 1.82) is 0 Å². The molecule has 1 aromatic carbocycles. The summed E-state index contributed by atoms with van der Waals surface area (Å²) in [6.45, 7) is 4.01. The van der Waals surface area contributed by atoms with E-state index >= 15 is 0 Å². The first-order valence-electron chi connectivity index (χ1n) is 6.60. The van der Waals surface area contributed by atoms with Crippen LogP contribution in [0.25, 0.3) is 0 Å². The van der Waals surface area contributed by atoms with Crippen LogP contribution >= 0.6 is 28.3 Å². The Balaban J connectivity index is 0.00000200. The molecule has 1 atom stereocenters. The van der Waals surface area contributed by atoms with Gasteiger partial charge in [0.25, 0.3) is 0 Å². The molecule has 2 rings (SSSR count). The van der Waals surface area contributed by atoms with Crippen LogP contribution in [0.4, 0.5) is 5.69 Å². The third kappa shape index (κ3) is 4.45. The van der Waals surface area contributed by atoms with Gasteiger partial charge in [0, 0.05) is 22.7 Å². The average Bonchev–Trinajstić information content (AvgIpc) is 2.80. The molecule has 4 nitrogen and oxygen atoms in total. The van der Waals surface area contributed by atoms with Gasteiger partial charge >= 0.3 is 0 Å². The number of amides is 1. The fraction of sp³-hybridized carbons (Fsp3) is 0.500. The zero-order chi connectivity index (χ0) is 13.8. The number of aryl methyl sites for hydroxylation is 1. The number of nitrogens with one attached hydrogen (secondary N) is 1. The van der Waals surface area contributed by atoms with Gasteiger partial charge in [-0.2, -0.15) is 0 Å². The molecule has 0 aliphatic carbocycles. The Morgan fingerprint density at radius 3 is 2.95 bits per heavy atom. The molecule has 1 aliphatic rings. The number of benzene rings is 1. The third-order valence-corrected chi connectivity index (χ3v) is 4.07. The first-order valence-corrected chi connectivity index (χ1v) is 7.39. The van der Waals surface area contributed by atoms with Gasteiger partial charge in [0.05, 0.1) is 6.54 Å². The van der Waals surface area contributed by atoms with E-state index < -0.39 is 0 Å². The van der Waals surface area contributed by atoms with Crippen LogP contribution in [0.3, 0.4) is 0 Å². The maximum Gasteiger partial charge on any atom is 0.238 e. The normalized spacial score (nSPS) is 18.6. The highest BCUT2D eigenvalue weighted by Crippen LogP contribution is 2.20. The van der Waals surface area contributed by atoms with Gasteiger partial charge in [0.15, 0.2) is 0 Å². The molecule has 6 heteroatoms. The molecular formula is C14H21BrClN3O. The Labute approximate surface area is 134 Å². The van der Waals surface area contributed by atoms with Crippen molar-refractivity contribution in [2.24, 2.45) is 5.73 Å². The highest BCUT2D eigenvalue weighted by molar-refractivity contribution is 9.10. The van der Waals surface area contributed by atoms with Crippen molar-refractivity contribution in [3.05, 3.63) is 28.2 Å². The molecule has 1 saturated heterocycles. The lowest BCUT2D eigenvalue weighted by molar-refractivity contribution is -0.117. The van der Waals surface area contributed by atoms with Crippen LogP contribution in [-0.4, -0.2) is 36.5 Å². The topological polar surface area (TPSA) is 58.4 Å². The number of nitrogens with zero attached hydrogens (tertiary/aromatic N) is 1. The highest BCUT2D eigenvalue weighted by atomic mass is 79.9. The van der Waals surface area contributed by atoms with Gasteiger partial charge in [-0.15, -0.1) is 12.4 Å². The van der Waals surface area contributed by atoms with Crippen LogP contribution in [-0.2, 0) is 4.79 Å². The quantitative estimate of drug-likeness (QED) is 0.865. The van der Waals surface area contributed by atoms with Crippen LogP contribution in [0.2, 0.25) is 0 Å². The molecule has 1 heterocycles. The second-order valence-corrected chi connectivity index (χ2v) is 5.93. The lowest BCUT2D eigenvalue weighted by Crippen LogP contribution is -2.40. The molecule has 0 bridgehead atoms. The van der Waals surface area contributed by atoms with E-state index in [-0.39, 0.29) is 18.3 Å². The average molecular weight is 363 g/mol. The molecule has 1 aliphatic heterocycles. The fourth-order valence-corrected chi connectivity index (χ4v) is 2.99. The second kappa shape index (κ2) is 7.98. The van der Waals surface area contributed by atoms with E-state index in [4.69, 9.17) is 5.73 Å². The smallest absolute Gasteiger partial charge is 0.238 e. The van der Waals surface area contributed by atoms with Gasteiger partial charge in [-0.05, 0) is 50.1 Å². The van der Waals surface area contributed by atoms with E-state index in [1.54, 1.807) is 0 Å². The summed E-state index contributed by atoms with van der Waals surface area (Å²) in [5.41, 5.74) is 7.64. The number of rotatable bonds is 4. The predicted molar refractivity (Wildman–Crippen MR) is 88.4 cm³/mol. The molecule has 1 aromatic rings. The molecule has 1 amide bonds. The standard InChI is InChI=1S/C14H20BrN3O.ClH/c1-10-7-11(15)4-5-13(10)17-14(19)9-18-6-2-3-12(18)8-16;/h4-5,7,12H,2-3,6,8-9,16H2,1H3,(H,17,19);1H. The van der Waals surface area contributed by atoms with E-state index in [1.165, 1.54) is 0 Å². The lowest BCUT2D eigenvalue weighted by atomic mass is 10.2. The summed E-state index contributed by atoms with van der Waals surface area (Å²) in [4.78, 5) is 14.2. The predicted octanol–water partition coefficient (Wildman–Crippen LogP) is 2.54. The van der Waals surface area contributed by atoms with Crippen LogP contribution < -0.4 is 11.1 Å². The van der Waals surface area contributed by atoms with E-state index in [0.717, 1.165) is 35.1 Å². The van der Waals surface area contributed by atoms with E-state index in [0.29, 0.717) is 19.1 Å². The van der Waals surface area contributed by atoms with Gasteiger partial charge in [-0.25, -0.2) is 0 Å². The SMILES string of the molecule is Cc1cc(Br)ccc1NC(=O)CN1CCCC1CN.Cl. The summed E-state index contributed by atoms with van der Waals surface area (Å²) >= 11 is 3.42. The first kappa shape index (κ1) is 17.4. The van der Waals surface area contributed by atoms with E-state index in [2.05, 4.69) is 26.1 Å². The Morgan fingerprint density at radius 1 is 1.55 bits per heavy atom. The highest BCUT2D eigenvalue weighted by Gasteiger charge is 2.24. The molecule has 1 unspecified atom stereocenters. The third-order valence-electron chi connectivity index (χ3n) is 3.58. The lowest BCUT2D eigenvalue weighted by Gasteiger charge is -2.22. The zero-order valence-corrected chi connectivity index (χ0v) is 14.0. The summed E-state index contributed by atoms with van der Waals surface area (Å²) in [5, 5.41) is 2.97. The summed E-state index contributed by atoms with van der Waals surface area (Å²) in [6.07, 6.45) is 2.23. The van der Waals surface area contributed by atoms with E-state index in [1.807, 2.05) is 25.1 Å². The number of likely N-dealkylation sites (tertiary alicyclic amines) is 1. The van der Waals surface area contributed by atoms with Crippen molar-refractivity contribution in [2.75, 3.05) is 25.0 Å². The first-order chi connectivity index (χ1) is 9.10. The Morgan fingerprint density at radius 2 is 2.30 bits per heavy atom. The van der Waals surface area contributed by atoms with Gasteiger partial charge in [-0.1, -0.05) is 15.9 Å². The number of nitrogens with two attached hydrogens (primary N) is 1. The van der Waals surface area contributed by atoms with Crippen molar-refractivity contribution in [3.8, 4) is 0 Å². The maximum absolute atomic E-state index is 12.1. The Kier molecular flexibility index (Phi) is 6.95. The van der Waals surface area contributed by atoms with Gasteiger partial charge < -0.3 is 11.1 Å². The molecule has 0 spiro atoms. The molecule has 1 fully saturated rings. The van der Waals surface area contributed by atoms with Crippen LogP contribution in [0.1, 0.15) is 18.4 Å². The van der Waals surface area contributed by atoms with Crippen molar-refractivity contribution < 1.29 is 4.79 Å². The van der Waals surface area contributed by atoms with Crippen molar-refractivity contribution in [3.63, 3.8) is 0 Å². The van der Waals surface area contributed by atoms with Crippen molar-refractivity contribution in [2.45, 2.75) is 25.8 Å². The molecule has 112 valence electrons. The molecule has 0 radical (unpaired) electrons. The monoisotopic (exact) mass is 361 g/mol. The number of halogens is 2. The van der Waals surface area contributed by atoms with Crippen molar-refractivity contribution in [1.82, 2.24) is 4.90 Å². The summed E-state index contributed by atoms with van der Waals surface area (Å²) in [6, 6.07) is 6.20. The number of anilines is 1.